The molecule has 0 fully saturated rings. The van der Waals surface area contributed by atoms with Gasteiger partial charge in [0, 0.05) is 37.2 Å². The standard InChI is InChI=1S/C26H29N5O3/c1-6-7-16-30(4)26(32)20-8-12-21(13-9-20)31-24(19-10-14-22(33-5)15-11-19)17(2)23(29-31)25-28-27-18(3)34-25/h8-15H,6-7,16H2,1-5H3. The van der Waals surface area contributed by atoms with Gasteiger partial charge in [-0.25, -0.2) is 4.68 Å². The first-order valence-corrected chi connectivity index (χ1v) is 11.3. The van der Waals surface area contributed by atoms with Crippen LogP contribution in [-0.4, -0.2) is 51.5 Å². The Balaban J connectivity index is 1.76. The highest BCUT2D eigenvalue weighted by Gasteiger charge is 2.22. The second-order valence-electron chi connectivity index (χ2n) is 8.22. The lowest BCUT2D eigenvalue weighted by molar-refractivity contribution is 0.0793. The molecule has 2 aromatic heterocycles. The van der Waals surface area contributed by atoms with Gasteiger partial charge < -0.3 is 14.1 Å². The van der Waals surface area contributed by atoms with Gasteiger partial charge in [-0.15, -0.1) is 10.2 Å². The summed E-state index contributed by atoms with van der Waals surface area (Å²) in [5.41, 5.74) is 4.86. The van der Waals surface area contributed by atoms with E-state index in [-0.39, 0.29) is 5.91 Å². The third-order valence-electron chi connectivity index (χ3n) is 5.77. The zero-order valence-corrected chi connectivity index (χ0v) is 20.2. The molecule has 0 bridgehead atoms. The molecule has 0 N–H and O–H groups in total. The Bertz CT molecular complexity index is 1270. The van der Waals surface area contributed by atoms with Gasteiger partial charge >= 0.3 is 0 Å². The maximum absolute atomic E-state index is 12.8. The Morgan fingerprint density at radius 1 is 1.06 bits per heavy atom. The zero-order valence-electron chi connectivity index (χ0n) is 20.2. The molecular weight excluding hydrogens is 430 g/mol. The van der Waals surface area contributed by atoms with E-state index in [4.69, 9.17) is 14.3 Å². The summed E-state index contributed by atoms with van der Waals surface area (Å²) in [4.78, 5) is 14.5. The van der Waals surface area contributed by atoms with Gasteiger partial charge in [-0.1, -0.05) is 13.3 Å². The molecule has 4 aromatic rings. The van der Waals surface area contributed by atoms with E-state index < -0.39 is 0 Å². The quantitative estimate of drug-likeness (QED) is 0.365. The smallest absolute Gasteiger partial charge is 0.268 e. The van der Waals surface area contributed by atoms with E-state index in [0.717, 1.165) is 47.6 Å². The first-order valence-electron chi connectivity index (χ1n) is 11.3. The van der Waals surface area contributed by atoms with Crippen molar-refractivity contribution in [3.63, 3.8) is 0 Å². The van der Waals surface area contributed by atoms with Crippen LogP contribution in [0, 0.1) is 13.8 Å². The van der Waals surface area contributed by atoms with Gasteiger partial charge in [0.25, 0.3) is 11.8 Å². The number of aryl methyl sites for hydroxylation is 1. The number of methoxy groups -OCH3 is 1. The van der Waals surface area contributed by atoms with Crippen LogP contribution in [0.15, 0.2) is 52.9 Å². The highest BCUT2D eigenvalue weighted by Crippen LogP contribution is 2.34. The Kier molecular flexibility index (Phi) is 6.77. The van der Waals surface area contributed by atoms with E-state index in [1.54, 1.807) is 18.9 Å². The monoisotopic (exact) mass is 459 g/mol. The fourth-order valence-corrected chi connectivity index (χ4v) is 3.83. The van der Waals surface area contributed by atoms with E-state index in [9.17, 15) is 4.79 Å². The maximum atomic E-state index is 12.8. The molecule has 8 nitrogen and oxygen atoms in total. The molecule has 0 aliphatic carbocycles. The highest BCUT2D eigenvalue weighted by atomic mass is 16.5. The summed E-state index contributed by atoms with van der Waals surface area (Å²) in [5.74, 6) is 1.63. The maximum Gasteiger partial charge on any atom is 0.268 e. The van der Waals surface area contributed by atoms with E-state index in [1.165, 1.54) is 0 Å². The molecule has 176 valence electrons. The third-order valence-corrected chi connectivity index (χ3v) is 5.77. The first kappa shape index (κ1) is 23.2. The molecule has 0 atom stereocenters. The minimum absolute atomic E-state index is 0.00838. The van der Waals surface area contributed by atoms with Crippen molar-refractivity contribution in [1.29, 1.82) is 0 Å². The van der Waals surface area contributed by atoms with Crippen LogP contribution in [0.4, 0.5) is 0 Å². The Labute approximate surface area is 199 Å². The number of ether oxygens (including phenoxy) is 1. The molecule has 0 aliphatic rings. The number of aromatic nitrogens is 4. The number of carbonyl (C=O) groups excluding carboxylic acids is 1. The number of rotatable bonds is 8. The van der Waals surface area contributed by atoms with Crippen LogP contribution in [0.5, 0.6) is 5.75 Å². The number of amides is 1. The summed E-state index contributed by atoms with van der Waals surface area (Å²) >= 11 is 0. The molecule has 0 aliphatic heterocycles. The molecule has 0 saturated carbocycles. The minimum Gasteiger partial charge on any atom is -0.497 e. The molecule has 4 rings (SSSR count). The normalized spacial score (nSPS) is 11.0. The van der Waals surface area contributed by atoms with Crippen LogP contribution in [0.1, 0.15) is 41.6 Å². The largest absolute Gasteiger partial charge is 0.497 e. The second-order valence-corrected chi connectivity index (χ2v) is 8.22. The molecule has 8 heteroatoms. The predicted molar refractivity (Wildman–Crippen MR) is 130 cm³/mol. The van der Waals surface area contributed by atoms with Gasteiger partial charge in [0.05, 0.1) is 18.5 Å². The number of benzene rings is 2. The summed E-state index contributed by atoms with van der Waals surface area (Å²) in [7, 11) is 3.48. The van der Waals surface area contributed by atoms with Crippen molar-refractivity contribution in [3.05, 3.63) is 65.5 Å². The van der Waals surface area contributed by atoms with Crippen LogP contribution in [0.3, 0.4) is 0 Å². The molecule has 0 spiro atoms. The molecular formula is C26H29N5O3. The average molecular weight is 460 g/mol. The van der Waals surface area contributed by atoms with Crippen molar-refractivity contribution in [2.45, 2.75) is 33.6 Å². The van der Waals surface area contributed by atoms with Gasteiger partial charge in [0.2, 0.25) is 5.89 Å². The minimum atomic E-state index is 0.00838. The molecule has 2 heterocycles. The molecule has 0 unspecified atom stereocenters. The summed E-state index contributed by atoms with van der Waals surface area (Å²) in [6, 6.07) is 15.3. The van der Waals surface area contributed by atoms with Gasteiger partial charge in [-0.2, -0.15) is 5.10 Å². The summed E-state index contributed by atoms with van der Waals surface area (Å²) < 4.78 is 12.8. The Hall–Kier alpha value is -3.94. The highest BCUT2D eigenvalue weighted by molar-refractivity contribution is 5.94. The predicted octanol–water partition coefficient (Wildman–Crippen LogP) is 5.09. The van der Waals surface area contributed by atoms with Crippen molar-refractivity contribution in [2.24, 2.45) is 0 Å². The van der Waals surface area contributed by atoms with Crippen molar-refractivity contribution in [3.8, 4) is 34.3 Å². The Morgan fingerprint density at radius 3 is 2.35 bits per heavy atom. The van der Waals surface area contributed by atoms with E-state index >= 15 is 0 Å². The molecule has 1 amide bonds. The molecule has 0 radical (unpaired) electrons. The topological polar surface area (TPSA) is 86.3 Å². The number of carbonyl (C=O) groups is 1. The number of nitrogens with zero attached hydrogens (tertiary/aromatic N) is 5. The summed E-state index contributed by atoms with van der Waals surface area (Å²) in [6.45, 7) is 6.59. The molecule has 2 aromatic carbocycles. The lowest BCUT2D eigenvalue weighted by Crippen LogP contribution is -2.27. The van der Waals surface area contributed by atoms with Gasteiger partial charge in [0.1, 0.15) is 5.75 Å². The van der Waals surface area contributed by atoms with Crippen LogP contribution in [0.25, 0.3) is 28.5 Å². The van der Waals surface area contributed by atoms with Gasteiger partial charge in [0.15, 0.2) is 5.69 Å². The lowest BCUT2D eigenvalue weighted by Gasteiger charge is -2.17. The lowest BCUT2D eigenvalue weighted by atomic mass is 10.1. The SMILES string of the molecule is CCCCN(C)C(=O)c1ccc(-n2nc(-c3nnc(C)o3)c(C)c2-c2ccc(OC)cc2)cc1. The zero-order chi connectivity index (χ0) is 24.2. The second kappa shape index (κ2) is 9.91. The fourth-order valence-electron chi connectivity index (χ4n) is 3.83. The fraction of sp³-hybridized carbons (Fsp3) is 0.308. The summed E-state index contributed by atoms with van der Waals surface area (Å²) in [5, 5.41) is 12.9. The van der Waals surface area contributed by atoms with E-state index in [0.29, 0.717) is 23.0 Å². The number of hydrogen-bond donors (Lipinski definition) is 0. The van der Waals surface area contributed by atoms with Crippen LogP contribution >= 0.6 is 0 Å². The number of hydrogen-bond acceptors (Lipinski definition) is 6. The third kappa shape index (κ3) is 4.57. The Morgan fingerprint density at radius 2 is 1.76 bits per heavy atom. The van der Waals surface area contributed by atoms with Crippen LogP contribution < -0.4 is 4.74 Å². The van der Waals surface area contributed by atoms with Crippen molar-refractivity contribution < 1.29 is 13.9 Å². The molecule has 0 saturated heterocycles. The van der Waals surface area contributed by atoms with Crippen molar-refractivity contribution in [1.82, 2.24) is 24.9 Å². The van der Waals surface area contributed by atoms with Crippen molar-refractivity contribution in [2.75, 3.05) is 20.7 Å². The summed E-state index contributed by atoms with van der Waals surface area (Å²) in [6.07, 6.45) is 2.03. The van der Waals surface area contributed by atoms with E-state index in [1.807, 2.05) is 67.2 Å². The molecule has 34 heavy (non-hydrogen) atoms. The van der Waals surface area contributed by atoms with Crippen LogP contribution in [0.2, 0.25) is 0 Å². The number of unbranched alkanes of at least 4 members (excludes halogenated alkanes) is 1. The van der Waals surface area contributed by atoms with Gasteiger partial charge in [-0.3, -0.25) is 4.79 Å². The first-order chi connectivity index (χ1) is 16.4. The van der Waals surface area contributed by atoms with Crippen molar-refractivity contribution >= 4 is 5.91 Å². The van der Waals surface area contributed by atoms with E-state index in [2.05, 4.69) is 17.1 Å². The van der Waals surface area contributed by atoms with Crippen LogP contribution in [-0.2, 0) is 0 Å². The van der Waals surface area contributed by atoms with Gasteiger partial charge in [-0.05, 0) is 61.9 Å². The average Bonchev–Trinajstić information content (AvgIpc) is 3.45.